The average Bonchev–Trinajstić information content (AvgIpc) is 2.55. The van der Waals surface area contributed by atoms with Crippen LogP contribution < -0.4 is 0 Å². The normalized spacial score (nSPS) is 11.6. The Kier molecular flexibility index (Phi) is 5.15. The summed E-state index contributed by atoms with van der Waals surface area (Å²) in [7, 11) is 2.01. The highest BCUT2D eigenvalue weighted by molar-refractivity contribution is 5.99. The second-order valence-electron chi connectivity index (χ2n) is 5.49. The zero-order chi connectivity index (χ0) is 13.9. The summed E-state index contributed by atoms with van der Waals surface area (Å²) in [5.74, 6) is 0.829. The molecule has 0 saturated heterocycles. The van der Waals surface area contributed by atoms with Crippen LogP contribution in [0.25, 0.3) is 0 Å². The van der Waals surface area contributed by atoms with Crippen molar-refractivity contribution in [1.29, 1.82) is 0 Å². The van der Waals surface area contributed by atoms with Crippen LogP contribution in [-0.2, 0) is 7.05 Å². The molecule has 3 nitrogen and oxygen atoms in total. The van der Waals surface area contributed by atoms with E-state index in [4.69, 9.17) is 0 Å². The number of carbonyl (C=O) groups excluding carboxylic acids is 1. The molecule has 0 bridgehead atoms. The number of hydrogen-bond acceptors (Lipinski definition) is 2. The molecule has 0 N–H and O–H groups in total. The number of aromatic nitrogens is 1. The fourth-order valence-electron chi connectivity index (χ4n) is 2.25. The third-order valence-corrected chi connectivity index (χ3v) is 3.51. The molecular weight excluding hydrogens is 224 g/mol. The number of ketones is 1. The third-order valence-electron chi connectivity index (χ3n) is 3.51. The molecule has 0 amide bonds. The Morgan fingerprint density at radius 1 is 1.39 bits per heavy atom. The molecule has 0 unspecified atom stereocenters. The first kappa shape index (κ1) is 15.0. The van der Waals surface area contributed by atoms with Gasteiger partial charge in [0.2, 0.25) is 0 Å². The van der Waals surface area contributed by atoms with E-state index in [9.17, 15) is 4.79 Å². The van der Waals surface area contributed by atoms with Gasteiger partial charge in [-0.25, -0.2) is 0 Å². The third kappa shape index (κ3) is 3.45. The van der Waals surface area contributed by atoms with Crippen molar-refractivity contribution in [3.63, 3.8) is 0 Å². The summed E-state index contributed by atoms with van der Waals surface area (Å²) in [6, 6.07) is 2.00. The maximum Gasteiger partial charge on any atom is 0.178 e. The first-order chi connectivity index (χ1) is 8.36. The van der Waals surface area contributed by atoms with Gasteiger partial charge in [-0.3, -0.25) is 9.69 Å². The first-order valence-corrected chi connectivity index (χ1v) is 6.75. The molecule has 0 aliphatic heterocycles. The van der Waals surface area contributed by atoms with Crippen molar-refractivity contribution in [1.82, 2.24) is 9.47 Å². The van der Waals surface area contributed by atoms with E-state index in [2.05, 4.69) is 30.2 Å². The molecule has 0 radical (unpaired) electrons. The zero-order valence-corrected chi connectivity index (χ0v) is 12.6. The molecule has 0 aliphatic carbocycles. The van der Waals surface area contributed by atoms with Crippen molar-refractivity contribution in [2.75, 3.05) is 19.6 Å². The van der Waals surface area contributed by atoms with E-state index in [-0.39, 0.29) is 5.78 Å². The number of Topliss-reactive ketones (excluding diaryl/α,β-unsaturated/α-hetero) is 1. The van der Waals surface area contributed by atoms with Crippen LogP contribution in [0.3, 0.4) is 0 Å². The number of rotatable bonds is 6. The van der Waals surface area contributed by atoms with Crippen LogP contribution in [0.1, 0.15) is 42.5 Å². The fraction of sp³-hybridized carbons (Fsp3) is 0.667. The first-order valence-electron chi connectivity index (χ1n) is 6.75. The van der Waals surface area contributed by atoms with Crippen molar-refractivity contribution in [3.05, 3.63) is 23.0 Å². The molecule has 0 spiro atoms. The summed E-state index contributed by atoms with van der Waals surface area (Å²) in [6.45, 7) is 13.0. The monoisotopic (exact) mass is 250 g/mol. The van der Waals surface area contributed by atoms with E-state index in [1.807, 2.05) is 27.0 Å². The van der Waals surface area contributed by atoms with Gasteiger partial charge < -0.3 is 4.57 Å². The molecule has 18 heavy (non-hydrogen) atoms. The maximum absolute atomic E-state index is 12.3. The van der Waals surface area contributed by atoms with Crippen LogP contribution in [-0.4, -0.2) is 34.9 Å². The molecular formula is C15H26N2O. The van der Waals surface area contributed by atoms with E-state index in [0.717, 1.165) is 30.0 Å². The maximum atomic E-state index is 12.3. The van der Waals surface area contributed by atoms with Crippen molar-refractivity contribution in [3.8, 4) is 0 Å². The Morgan fingerprint density at radius 3 is 2.39 bits per heavy atom. The molecule has 0 saturated carbocycles. The van der Waals surface area contributed by atoms with Crippen molar-refractivity contribution in [2.24, 2.45) is 13.0 Å². The van der Waals surface area contributed by atoms with Gasteiger partial charge in [0.05, 0.1) is 6.54 Å². The van der Waals surface area contributed by atoms with Crippen LogP contribution in [0.2, 0.25) is 0 Å². The summed E-state index contributed by atoms with van der Waals surface area (Å²) in [5.41, 5.74) is 3.08. The zero-order valence-electron chi connectivity index (χ0n) is 12.6. The van der Waals surface area contributed by atoms with Crippen LogP contribution in [0.4, 0.5) is 0 Å². The highest BCUT2D eigenvalue weighted by atomic mass is 16.1. The van der Waals surface area contributed by atoms with E-state index >= 15 is 0 Å². The molecule has 1 rings (SSSR count). The van der Waals surface area contributed by atoms with Gasteiger partial charge in [-0.15, -0.1) is 0 Å². The standard InChI is InChI=1S/C15H26N2O/c1-7-17(9-11(2)3)10-15(18)14-8-12(4)16(6)13(14)5/h8,11H,7,9-10H2,1-6H3. The Hall–Kier alpha value is -1.09. The molecule has 0 fully saturated rings. The second-order valence-corrected chi connectivity index (χ2v) is 5.49. The molecule has 0 aromatic carbocycles. The van der Waals surface area contributed by atoms with Crippen molar-refractivity contribution < 1.29 is 4.79 Å². The summed E-state index contributed by atoms with van der Waals surface area (Å²) in [4.78, 5) is 14.5. The van der Waals surface area contributed by atoms with Gasteiger partial charge in [0.25, 0.3) is 0 Å². The number of carbonyl (C=O) groups is 1. The van der Waals surface area contributed by atoms with Gasteiger partial charge >= 0.3 is 0 Å². The Morgan fingerprint density at radius 2 is 2.00 bits per heavy atom. The Bertz CT molecular complexity index is 418. The van der Waals surface area contributed by atoms with E-state index in [1.54, 1.807) is 0 Å². The second kappa shape index (κ2) is 6.19. The molecule has 1 heterocycles. The van der Waals surface area contributed by atoms with Gasteiger partial charge in [0.1, 0.15) is 0 Å². The smallest absolute Gasteiger partial charge is 0.178 e. The minimum absolute atomic E-state index is 0.235. The van der Waals surface area contributed by atoms with Gasteiger partial charge in [0.15, 0.2) is 5.78 Å². The number of aryl methyl sites for hydroxylation is 1. The minimum atomic E-state index is 0.235. The number of hydrogen-bond donors (Lipinski definition) is 0. The summed E-state index contributed by atoms with van der Waals surface area (Å²) in [5, 5.41) is 0. The lowest BCUT2D eigenvalue weighted by molar-refractivity contribution is 0.0925. The Labute approximate surface area is 111 Å². The molecule has 0 atom stereocenters. The van der Waals surface area contributed by atoms with Gasteiger partial charge in [0, 0.05) is 30.5 Å². The summed E-state index contributed by atoms with van der Waals surface area (Å²) < 4.78 is 2.08. The lowest BCUT2D eigenvalue weighted by Crippen LogP contribution is -2.33. The topological polar surface area (TPSA) is 25.2 Å². The highest BCUT2D eigenvalue weighted by Crippen LogP contribution is 2.14. The Balaban J connectivity index is 2.78. The van der Waals surface area contributed by atoms with Gasteiger partial charge in [-0.05, 0) is 32.4 Å². The summed E-state index contributed by atoms with van der Waals surface area (Å²) >= 11 is 0. The minimum Gasteiger partial charge on any atom is -0.351 e. The lowest BCUT2D eigenvalue weighted by Gasteiger charge is -2.21. The van der Waals surface area contributed by atoms with Crippen LogP contribution >= 0.6 is 0 Å². The van der Waals surface area contributed by atoms with Crippen molar-refractivity contribution >= 4 is 5.78 Å². The molecule has 102 valence electrons. The van der Waals surface area contributed by atoms with Gasteiger partial charge in [-0.2, -0.15) is 0 Å². The quantitative estimate of drug-likeness (QED) is 0.725. The number of likely N-dealkylation sites (N-methyl/N-ethyl adjacent to an activating group) is 1. The fourth-order valence-corrected chi connectivity index (χ4v) is 2.25. The van der Waals surface area contributed by atoms with E-state index in [1.165, 1.54) is 0 Å². The molecule has 0 aliphatic rings. The largest absolute Gasteiger partial charge is 0.351 e. The van der Waals surface area contributed by atoms with E-state index in [0.29, 0.717) is 12.5 Å². The predicted octanol–water partition coefficient (Wildman–Crippen LogP) is 2.80. The number of nitrogens with zero attached hydrogens (tertiary/aromatic N) is 2. The van der Waals surface area contributed by atoms with Crippen LogP contribution in [0.15, 0.2) is 6.07 Å². The van der Waals surface area contributed by atoms with Crippen molar-refractivity contribution in [2.45, 2.75) is 34.6 Å². The van der Waals surface area contributed by atoms with Crippen LogP contribution in [0, 0.1) is 19.8 Å². The van der Waals surface area contributed by atoms with E-state index < -0.39 is 0 Å². The lowest BCUT2D eigenvalue weighted by atomic mass is 10.1. The molecule has 1 aromatic rings. The SMILES string of the molecule is CCN(CC(=O)c1cc(C)n(C)c1C)CC(C)C. The van der Waals surface area contributed by atoms with Gasteiger partial charge in [-0.1, -0.05) is 20.8 Å². The summed E-state index contributed by atoms with van der Waals surface area (Å²) in [6.07, 6.45) is 0. The predicted molar refractivity (Wildman–Crippen MR) is 76.2 cm³/mol. The average molecular weight is 250 g/mol. The molecule has 1 aromatic heterocycles. The van der Waals surface area contributed by atoms with Crippen LogP contribution in [0.5, 0.6) is 0 Å². The highest BCUT2D eigenvalue weighted by Gasteiger charge is 2.17. The molecule has 3 heteroatoms.